The fraction of sp³-hybridized carbons (Fsp3) is 0.263. The average Bonchev–Trinajstić information content (AvgIpc) is 2.89. The van der Waals surface area contributed by atoms with Crippen LogP contribution < -0.4 is 10.2 Å². The van der Waals surface area contributed by atoms with E-state index in [1.165, 1.54) is 4.90 Å². The normalized spacial score (nSPS) is 19.4. The molecule has 0 aliphatic carbocycles. The summed E-state index contributed by atoms with van der Waals surface area (Å²) >= 11 is 0. The molecule has 0 saturated carbocycles. The van der Waals surface area contributed by atoms with E-state index in [1.807, 2.05) is 24.3 Å². The van der Waals surface area contributed by atoms with Gasteiger partial charge in [0.2, 0.25) is 11.8 Å². The Morgan fingerprint density at radius 1 is 1.16 bits per heavy atom. The summed E-state index contributed by atoms with van der Waals surface area (Å²) in [4.78, 5) is 48.8. The van der Waals surface area contributed by atoms with Crippen molar-refractivity contribution >= 4 is 40.5 Å². The second kappa shape index (κ2) is 5.81. The molecule has 0 bridgehead atoms. The van der Waals surface area contributed by atoms with Crippen LogP contribution in [-0.4, -0.2) is 30.0 Å². The quantitative estimate of drug-likeness (QED) is 0.681. The third-order valence-corrected chi connectivity index (χ3v) is 4.87. The monoisotopic (exact) mass is 336 g/mol. The molecule has 2 aromatic rings. The van der Waals surface area contributed by atoms with Gasteiger partial charge in [-0.1, -0.05) is 18.2 Å². The molecule has 0 spiro atoms. The highest BCUT2D eigenvalue weighted by atomic mass is 16.2. The number of aryl methyl sites for hydroxylation is 1. The van der Waals surface area contributed by atoms with Gasteiger partial charge in [0.05, 0.1) is 5.69 Å². The van der Waals surface area contributed by atoms with Gasteiger partial charge in [0.1, 0.15) is 12.3 Å². The predicted molar refractivity (Wildman–Crippen MR) is 91.3 cm³/mol. The molecule has 6 heteroatoms. The smallest absolute Gasteiger partial charge is 0.259 e. The molecular weight excluding hydrogens is 320 g/mol. The highest BCUT2D eigenvalue weighted by Gasteiger charge is 2.40. The second-order valence-corrected chi connectivity index (χ2v) is 6.32. The fourth-order valence-corrected chi connectivity index (χ4v) is 3.74. The van der Waals surface area contributed by atoms with Gasteiger partial charge in [-0.05, 0) is 35.9 Å². The van der Waals surface area contributed by atoms with Gasteiger partial charge in [0.25, 0.3) is 5.91 Å². The molecule has 0 aromatic heterocycles. The van der Waals surface area contributed by atoms with Gasteiger partial charge in [0.15, 0.2) is 0 Å². The standard InChI is InChI=1S/C19H16N2O4/c22-10-2-3-11-6-7-14-17-12(11)4-1-5-13(17)19(25)21(14)15-8-9-16(23)20-18(15)24/h1,4-7,10,15H,2-3,8-9H2,(H,20,23,24). The maximum absolute atomic E-state index is 12.9. The molecule has 1 saturated heterocycles. The van der Waals surface area contributed by atoms with Crippen molar-refractivity contribution in [2.24, 2.45) is 0 Å². The van der Waals surface area contributed by atoms with Gasteiger partial charge in [-0.25, -0.2) is 0 Å². The van der Waals surface area contributed by atoms with Crippen molar-refractivity contribution in [1.82, 2.24) is 5.32 Å². The second-order valence-electron chi connectivity index (χ2n) is 6.32. The van der Waals surface area contributed by atoms with E-state index < -0.39 is 11.9 Å². The summed E-state index contributed by atoms with van der Waals surface area (Å²) in [5.74, 6) is -0.960. The lowest BCUT2D eigenvalue weighted by molar-refractivity contribution is -0.134. The van der Waals surface area contributed by atoms with Gasteiger partial charge in [-0.3, -0.25) is 24.6 Å². The minimum absolute atomic E-state index is 0.219. The van der Waals surface area contributed by atoms with Gasteiger partial charge in [-0.15, -0.1) is 0 Å². The summed E-state index contributed by atoms with van der Waals surface area (Å²) in [6.45, 7) is 0. The number of carbonyl (C=O) groups is 4. The van der Waals surface area contributed by atoms with Crippen molar-refractivity contribution in [3.05, 3.63) is 41.5 Å². The molecule has 0 radical (unpaired) electrons. The Labute approximate surface area is 143 Å². The molecule has 1 unspecified atom stereocenters. The lowest BCUT2D eigenvalue weighted by Gasteiger charge is -2.30. The van der Waals surface area contributed by atoms with Crippen LogP contribution in [0.4, 0.5) is 5.69 Å². The summed E-state index contributed by atoms with van der Waals surface area (Å²) in [5.41, 5.74) is 2.26. The number of nitrogens with one attached hydrogen (secondary N) is 1. The summed E-state index contributed by atoms with van der Waals surface area (Å²) < 4.78 is 0. The third-order valence-electron chi connectivity index (χ3n) is 4.87. The van der Waals surface area contributed by atoms with Crippen molar-refractivity contribution in [1.29, 1.82) is 0 Å². The number of benzene rings is 2. The van der Waals surface area contributed by atoms with Gasteiger partial charge in [-0.2, -0.15) is 0 Å². The lowest BCUT2D eigenvalue weighted by atomic mass is 9.98. The van der Waals surface area contributed by atoms with Crippen molar-refractivity contribution in [2.45, 2.75) is 31.7 Å². The highest BCUT2D eigenvalue weighted by molar-refractivity contribution is 6.27. The Hall–Kier alpha value is -3.02. The molecular formula is C19H16N2O4. The number of carbonyl (C=O) groups excluding carboxylic acids is 4. The first-order valence-electron chi connectivity index (χ1n) is 8.27. The largest absolute Gasteiger partial charge is 0.303 e. The first-order valence-corrected chi connectivity index (χ1v) is 8.27. The Kier molecular flexibility index (Phi) is 3.60. The van der Waals surface area contributed by atoms with E-state index in [0.29, 0.717) is 30.5 Å². The summed E-state index contributed by atoms with van der Waals surface area (Å²) in [6, 6.07) is 8.56. The van der Waals surface area contributed by atoms with Crippen molar-refractivity contribution in [3.8, 4) is 0 Å². The Bertz CT molecular complexity index is 934. The molecule has 126 valence electrons. The number of rotatable bonds is 4. The van der Waals surface area contributed by atoms with E-state index in [9.17, 15) is 19.2 Å². The molecule has 1 atom stereocenters. The van der Waals surface area contributed by atoms with E-state index in [4.69, 9.17) is 0 Å². The summed E-state index contributed by atoms with van der Waals surface area (Å²) in [6.07, 6.45) is 2.44. The number of aldehydes is 1. The number of piperidine rings is 1. The predicted octanol–water partition coefficient (Wildman–Crippen LogP) is 1.74. The molecule has 1 N–H and O–H groups in total. The molecule has 4 rings (SSSR count). The van der Waals surface area contributed by atoms with Crippen LogP contribution in [0, 0.1) is 0 Å². The van der Waals surface area contributed by atoms with Crippen LogP contribution in [0.15, 0.2) is 30.3 Å². The number of anilines is 1. The first-order chi connectivity index (χ1) is 12.1. The van der Waals surface area contributed by atoms with Crippen LogP contribution in [0.1, 0.15) is 35.2 Å². The number of imide groups is 1. The van der Waals surface area contributed by atoms with E-state index >= 15 is 0 Å². The number of nitrogens with zero attached hydrogens (tertiary/aromatic N) is 1. The van der Waals surface area contributed by atoms with Crippen molar-refractivity contribution in [3.63, 3.8) is 0 Å². The minimum atomic E-state index is -0.679. The third kappa shape index (κ3) is 2.33. The topological polar surface area (TPSA) is 83.6 Å². The Morgan fingerprint density at radius 3 is 2.76 bits per heavy atom. The summed E-state index contributed by atoms with van der Waals surface area (Å²) in [5, 5.41) is 4.06. The van der Waals surface area contributed by atoms with E-state index in [0.717, 1.165) is 22.6 Å². The SMILES string of the molecule is O=CCCc1ccc2c3c(cccc13)C(=O)N2C1CCC(=O)NC1=O. The zero-order valence-electron chi connectivity index (χ0n) is 13.5. The molecule has 2 aliphatic rings. The minimum Gasteiger partial charge on any atom is -0.303 e. The van der Waals surface area contributed by atoms with Crippen molar-refractivity contribution < 1.29 is 19.2 Å². The van der Waals surface area contributed by atoms with Crippen LogP contribution in [0.3, 0.4) is 0 Å². The van der Waals surface area contributed by atoms with Crippen LogP contribution in [0.2, 0.25) is 0 Å². The molecule has 25 heavy (non-hydrogen) atoms. The van der Waals surface area contributed by atoms with Crippen LogP contribution in [-0.2, 0) is 20.8 Å². The number of hydrogen-bond acceptors (Lipinski definition) is 4. The zero-order valence-corrected chi connectivity index (χ0v) is 13.5. The average molecular weight is 336 g/mol. The van der Waals surface area contributed by atoms with E-state index in [2.05, 4.69) is 5.32 Å². The molecule has 2 aromatic carbocycles. The zero-order chi connectivity index (χ0) is 17.6. The molecule has 6 nitrogen and oxygen atoms in total. The van der Waals surface area contributed by atoms with Crippen molar-refractivity contribution in [2.75, 3.05) is 4.90 Å². The van der Waals surface area contributed by atoms with Gasteiger partial charge < -0.3 is 4.79 Å². The fourth-order valence-electron chi connectivity index (χ4n) is 3.74. The van der Waals surface area contributed by atoms with Crippen LogP contribution in [0.5, 0.6) is 0 Å². The van der Waals surface area contributed by atoms with Gasteiger partial charge >= 0.3 is 0 Å². The maximum atomic E-state index is 12.9. The molecule has 3 amide bonds. The lowest BCUT2D eigenvalue weighted by Crippen LogP contribution is -2.53. The van der Waals surface area contributed by atoms with Crippen LogP contribution in [0.25, 0.3) is 10.8 Å². The van der Waals surface area contributed by atoms with Gasteiger partial charge in [0, 0.05) is 23.8 Å². The molecule has 2 heterocycles. The highest BCUT2D eigenvalue weighted by Crippen LogP contribution is 2.41. The van der Waals surface area contributed by atoms with Crippen LogP contribution >= 0.6 is 0 Å². The first kappa shape index (κ1) is 15.5. The summed E-state index contributed by atoms with van der Waals surface area (Å²) in [7, 11) is 0. The Balaban J connectivity index is 1.83. The molecule has 2 aliphatic heterocycles. The molecule has 1 fully saturated rings. The number of amides is 3. The van der Waals surface area contributed by atoms with E-state index in [-0.39, 0.29) is 18.2 Å². The Morgan fingerprint density at radius 2 is 2.00 bits per heavy atom. The number of hydrogen-bond donors (Lipinski definition) is 1. The van der Waals surface area contributed by atoms with E-state index in [1.54, 1.807) is 6.07 Å². The maximum Gasteiger partial charge on any atom is 0.259 e.